The Bertz CT molecular complexity index is 883. The summed E-state index contributed by atoms with van der Waals surface area (Å²) < 4.78 is 0.740. The first kappa shape index (κ1) is 12.2. The zero-order chi connectivity index (χ0) is 13.6. The summed E-state index contributed by atoms with van der Waals surface area (Å²) in [6, 6.07) is 10.3. The number of para-hydroxylation sites is 1. The Hall–Kier alpha value is -1.89. The van der Waals surface area contributed by atoms with Crippen molar-refractivity contribution >= 4 is 50.4 Å². The third-order valence-electron chi connectivity index (χ3n) is 3.04. The van der Waals surface area contributed by atoms with E-state index in [2.05, 4.69) is 4.98 Å². The number of aromatic amines is 1. The minimum Gasteiger partial charge on any atom is -0.478 e. The van der Waals surface area contributed by atoms with Gasteiger partial charge in [0.15, 0.2) is 5.43 Å². The molecule has 94 valence electrons. The van der Waals surface area contributed by atoms with Gasteiger partial charge in [0.1, 0.15) is 0 Å². The molecule has 2 aromatic carbocycles. The van der Waals surface area contributed by atoms with Gasteiger partial charge in [0.05, 0.1) is 16.5 Å². The second-order valence-electron chi connectivity index (χ2n) is 4.15. The number of nitrogens with one attached hydrogen (secondary N) is 1. The number of pyridine rings is 1. The van der Waals surface area contributed by atoms with Crippen LogP contribution in [0.2, 0.25) is 0 Å². The molecule has 2 N–H and O–H groups in total. The van der Waals surface area contributed by atoms with E-state index in [1.54, 1.807) is 30.3 Å². The molecule has 1 aromatic heterocycles. The molecule has 0 aliphatic carbocycles. The lowest BCUT2D eigenvalue weighted by atomic mass is 10.1. The predicted octanol–water partition coefficient (Wildman–Crippen LogP) is 2.98. The first-order chi connectivity index (χ1) is 9.09. The SMILES string of the molecule is O=C(O)c1ccc(I)c2c(=O)c3ccccc3[nH]c12. The second kappa shape index (κ2) is 4.34. The highest BCUT2D eigenvalue weighted by molar-refractivity contribution is 14.1. The van der Waals surface area contributed by atoms with Crippen molar-refractivity contribution in [2.75, 3.05) is 0 Å². The molecule has 19 heavy (non-hydrogen) atoms. The summed E-state index contributed by atoms with van der Waals surface area (Å²) in [6.07, 6.45) is 0. The summed E-state index contributed by atoms with van der Waals surface area (Å²) >= 11 is 2.04. The molecule has 0 atom stereocenters. The fourth-order valence-electron chi connectivity index (χ4n) is 2.17. The maximum atomic E-state index is 12.5. The van der Waals surface area contributed by atoms with E-state index < -0.39 is 5.97 Å². The molecule has 0 saturated heterocycles. The number of rotatable bonds is 1. The Labute approximate surface area is 121 Å². The molecular weight excluding hydrogens is 357 g/mol. The van der Waals surface area contributed by atoms with E-state index in [9.17, 15) is 14.7 Å². The summed E-state index contributed by atoms with van der Waals surface area (Å²) in [4.78, 5) is 26.8. The molecule has 0 radical (unpaired) electrons. The van der Waals surface area contributed by atoms with Crippen molar-refractivity contribution in [1.82, 2.24) is 4.98 Å². The lowest BCUT2D eigenvalue weighted by molar-refractivity contribution is 0.0699. The minimum atomic E-state index is -1.05. The van der Waals surface area contributed by atoms with Crippen LogP contribution < -0.4 is 5.43 Å². The van der Waals surface area contributed by atoms with Gasteiger partial charge in [0.25, 0.3) is 0 Å². The van der Waals surface area contributed by atoms with Gasteiger partial charge in [-0.05, 0) is 46.9 Å². The molecule has 0 aliphatic rings. The Balaban J connectivity index is 2.64. The topological polar surface area (TPSA) is 70.2 Å². The zero-order valence-electron chi connectivity index (χ0n) is 9.61. The van der Waals surface area contributed by atoms with Gasteiger partial charge in [-0.2, -0.15) is 0 Å². The molecule has 3 aromatic rings. The molecule has 0 bridgehead atoms. The van der Waals surface area contributed by atoms with Crippen molar-refractivity contribution in [2.24, 2.45) is 0 Å². The summed E-state index contributed by atoms with van der Waals surface area (Å²) in [7, 11) is 0. The van der Waals surface area contributed by atoms with E-state index in [0.29, 0.717) is 21.8 Å². The Morgan fingerprint density at radius 2 is 1.89 bits per heavy atom. The van der Waals surface area contributed by atoms with Crippen molar-refractivity contribution < 1.29 is 9.90 Å². The standard InChI is InChI=1S/C14H8INO3/c15-9-6-5-8(14(18)19)12-11(9)13(17)7-3-1-2-4-10(7)16-12/h1-6H,(H,16,17)(H,18,19). The van der Waals surface area contributed by atoms with E-state index in [0.717, 1.165) is 3.57 Å². The summed E-state index contributed by atoms with van der Waals surface area (Å²) in [5.74, 6) is -1.05. The second-order valence-corrected chi connectivity index (χ2v) is 5.31. The van der Waals surface area contributed by atoms with Gasteiger partial charge >= 0.3 is 5.97 Å². The third-order valence-corrected chi connectivity index (χ3v) is 3.94. The number of hydrogen-bond donors (Lipinski definition) is 2. The number of aromatic nitrogens is 1. The number of hydrogen-bond acceptors (Lipinski definition) is 2. The lowest BCUT2D eigenvalue weighted by Gasteiger charge is -2.07. The summed E-state index contributed by atoms with van der Waals surface area (Å²) in [6.45, 7) is 0. The number of halogens is 1. The molecular formula is C14H8INO3. The highest BCUT2D eigenvalue weighted by atomic mass is 127. The third kappa shape index (κ3) is 1.81. The van der Waals surface area contributed by atoms with Gasteiger partial charge in [-0.3, -0.25) is 4.79 Å². The summed E-state index contributed by atoms with van der Waals surface area (Å²) in [5.41, 5.74) is 0.989. The van der Waals surface area contributed by atoms with Gasteiger partial charge < -0.3 is 10.1 Å². The number of aromatic carboxylic acids is 1. The number of fused-ring (bicyclic) bond motifs is 2. The number of carboxylic acids is 1. The van der Waals surface area contributed by atoms with Gasteiger partial charge in [-0.1, -0.05) is 12.1 Å². The van der Waals surface area contributed by atoms with Gasteiger partial charge in [-0.25, -0.2) is 4.79 Å². The van der Waals surface area contributed by atoms with Crippen molar-refractivity contribution in [2.45, 2.75) is 0 Å². The molecule has 0 amide bonds. The first-order valence-electron chi connectivity index (χ1n) is 5.56. The van der Waals surface area contributed by atoms with Crippen LogP contribution in [0.5, 0.6) is 0 Å². The van der Waals surface area contributed by atoms with Gasteiger partial charge in [0, 0.05) is 14.5 Å². The highest BCUT2D eigenvalue weighted by Gasteiger charge is 2.15. The Kier molecular flexibility index (Phi) is 2.78. The number of benzene rings is 2. The monoisotopic (exact) mass is 365 g/mol. The zero-order valence-corrected chi connectivity index (χ0v) is 11.8. The van der Waals surface area contributed by atoms with Gasteiger partial charge in [0.2, 0.25) is 0 Å². The van der Waals surface area contributed by atoms with Crippen LogP contribution in [0.15, 0.2) is 41.2 Å². The molecule has 0 unspecified atom stereocenters. The smallest absolute Gasteiger partial charge is 0.337 e. The molecule has 0 fully saturated rings. The average Bonchev–Trinajstić information content (AvgIpc) is 2.38. The Morgan fingerprint density at radius 1 is 1.16 bits per heavy atom. The molecule has 0 spiro atoms. The number of H-pyrrole nitrogens is 1. The maximum Gasteiger partial charge on any atom is 0.337 e. The van der Waals surface area contributed by atoms with Crippen molar-refractivity contribution in [3.8, 4) is 0 Å². The van der Waals surface area contributed by atoms with Crippen LogP contribution in [0.25, 0.3) is 21.8 Å². The van der Waals surface area contributed by atoms with Crippen molar-refractivity contribution in [3.05, 3.63) is 55.8 Å². The molecule has 3 rings (SSSR count). The number of carboxylic acid groups (broad SMARTS) is 1. The largest absolute Gasteiger partial charge is 0.478 e. The van der Waals surface area contributed by atoms with Gasteiger partial charge in [-0.15, -0.1) is 0 Å². The van der Waals surface area contributed by atoms with Crippen molar-refractivity contribution in [3.63, 3.8) is 0 Å². The minimum absolute atomic E-state index is 0.110. The van der Waals surface area contributed by atoms with E-state index in [1.807, 2.05) is 22.6 Å². The fourth-order valence-corrected chi connectivity index (χ4v) is 2.86. The van der Waals surface area contributed by atoms with Crippen LogP contribution >= 0.6 is 22.6 Å². The predicted molar refractivity (Wildman–Crippen MR) is 81.8 cm³/mol. The van der Waals surface area contributed by atoms with Crippen LogP contribution in [0.1, 0.15) is 10.4 Å². The lowest BCUT2D eigenvalue weighted by Crippen LogP contribution is -2.09. The van der Waals surface area contributed by atoms with E-state index in [1.165, 1.54) is 6.07 Å². The van der Waals surface area contributed by atoms with Crippen LogP contribution in [-0.4, -0.2) is 16.1 Å². The normalized spacial score (nSPS) is 11.0. The molecule has 1 heterocycles. The quantitative estimate of drug-likeness (QED) is 0.515. The van der Waals surface area contributed by atoms with Crippen LogP contribution in [0, 0.1) is 3.57 Å². The molecule has 4 nitrogen and oxygen atoms in total. The Morgan fingerprint density at radius 3 is 2.63 bits per heavy atom. The van der Waals surface area contributed by atoms with Crippen molar-refractivity contribution in [1.29, 1.82) is 0 Å². The van der Waals surface area contributed by atoms with E-state index in [-0.39, 0.29) is 11.0 Å². The molecule has 5 heteroatoms. The molecule has 0 aliphatic heterocycles. The summed E-state index contributed by atoms with van der Waals surface area (Å²) in [5, 5.41) is 10.2. The fraction of sp³-hybridized carbons (Fsp3) is 0. The van der Waals surface area contributed by atoms with Crippen LogP contribution in [0.3, 0.4) is 0 Å². The first-order valence-corrected chi connectivity index (χ1v) is 6.64. The maximum absolute atomic E-state index is 12.5. The van der Waals surface area contributed by atoms with E-state index >= 15 is 0 Å². The van der Waals surface area contributed by atoms with E-state index in [4.69, 9.17) is 0 Å². The highest BCUT2D eigenvalue weighted by Crippen LogP contribution is 2.22. The average molecular weight is 365 g/mol. The van der Waals surface area contributed by atoms with Crippen LogP contribution in [0.4, 0.5) is 0 Å². The number of carbonyl (C=O) groups is 1. The van der Waals surface area contributed by atoms with Crippen LogP contribution in [-0.2, 0) is 0 Å². The molecule has 0 saturated carbocycles.